The minimum absolute atomic E-state index is 0.121. The van der Waals surface area contributed by atoms with E-state index in [9.17, 15) is 9.59 Å². The van der Waals surface area contributed by atoms with Crippen molar-refractivity contribution in [2.45, 2.75) is 44.5 Å². The van der Waals surface area contributed by atoms with E-state index >= 15 is 0 Å². The standard InChI is InChI=1S/C19H23N3O3S/c1-5-16(26-19-20-12(3)11-13(4)21-19)17(23)22-15-9-7-14(8-10-15)18(24)25-6-2/h7-11,16H,5-6H2,1-4H3,(H,22,23)/t16-/m0/s1. The third kappa shape index (κ3) is 5.56. The first-order chi connectivity index (χ1) is 12.4. The molecular formula is C19H23N3O3S. The first-order valence-electron chi connectivity index (χ1n) is 8.50. The molecule has 1 N–H and O–H groups in total. The van der Waals surface area contributed by atoms with Gasteiger partial charge in [0.1, 0.15) is 0 Å². The van der Waals surface area contributed by atoms with Crippen LogP contribution < -0.4 is 5.32 Å². The zero-order valence-electron chi connectivity index (χ0n) is 15.4. The van der Waals surface area contributed by atoms with Crippen LogP contribution in [-0.2, 0) is 9.53 Å². The van der Waals surface area contributed by atoms with Crippen molar-refractivity contribution in [2.75, 3.05) is 11.9 Å². The summed E-state index contributed by atoms with van der Waals surface area (Å²) in [5.74, 6) is -0.497. The van der Waals surface area contributed by atoms with Gasteiger partial charge in [0.2, 0.25) is 5.91 Å². The van der Waals surface area contributed by atoms with E-state index in [-0.39, 0.29) is 17.1 Å². The number of nitrogens with zero attached hydrogens (tertiary/aromatic N) is 2. The summed E-state index contributed by atoms with van der Waals surface area (Å²) < 4.78 is 4.95. The summed E-state index contributed by atoms with van der Waals surface area (Å²) in [6.07, 6.45) is 0.647. The molecular weight excluding hydrogens is 350 g/mol. The lowest BCUT2D eigenvalue weighted by atomic mass is 10.2. The summed E-state index contributed by atoms with van der Waals surface area (Å²) in [4.78, 5) is 33.0. The van der Waals surface area contributed by atoms with Gasteiger partial charge < -0.3 is 10.1 Å². The largest absolute Gasteiger partial charge is 0.462 e. The number of carbonyl (C=O) groups is 2. The van der Waals surface area contributed by atoms with Crippen molar-refractivity contribution in [2.24, 2.45) is 0 Å². The van der Waals surface area contributed by atoms with Gasteiger partial charge in [0.15, 0.2) is 5.16 Å². The molecule has 0 spiro atoms. The highest BCUT2D eigenvalue weighted by molar-refractivity contribution is 8.00. The minimum atomic E-state index is -0.376. The Balaban J connectivity index is 2.03. The van der Waals surface area contributed by atoms with Crippen LogP contribution in [0.2, 0.25) is 0 Å². The molecule has 1 atom stereocenters. The second-order valence-corrected chi connectivity index (χ2v) is 6.90. The van der Waals surface area contributed by atoms with E-state index < -0.39 is 0 Å². The summed E-state index contributed by atoms with van der Waals surface area (Å²) in [6.45, 7) is 7.85. The van der Waals surface area contributed by atoms with Crippen molar-refractivity contribution >= 4 is 29.3 Å². The molecule has 0 bridgehead atoms. The van der Waals surface area contributed by atoms with E-state index in [4.69, 9.17) is 4.74 Å². The molecule has 1 heterocycles. The van der Waals surface area contributed by atoms with E-state index in [0.29, 0.717) is 29.4 Å². The molecule has 26 heavy (non-hydrogen) atoms. The van der Waals surface area contributed by atoms with Crippen molar-refractivity contribution in [3.8, 4) is 0 Å². The molecule has 2 aromatic rings. The van der Waals surface area contributed by atoms with Crippen LogP contribution in [0.15, 0.2) is 35.5 Å². The summed E-state index contributed by atoms with van der Waals surface area (Å²) in [6, 6.07) is 8.54. The van der Waals surface area contributed by atoms with Crippen molar-refractivity contribution in [3.05, 3.63) is 47.3 Å². The van der Waals surface area contributed by atoms with Crippen LogP contribution >= 0.6 is 11.8 Å². The first-order valence-corrected chi connectivity index (χ1v) is 9.37. The molecule has 1 aromatic carbocycles. The highest BCUT2D eigenvalue weighted by atomic mass is 32.2. The second-order valence-electron chi connectivity index (χ2n) is 5.74. The lowest BCUT2D eigenvalue weighted by molar-refractivity contribution is -0.115. The number of benzene rings is 1. The molecule has 7 heteroatoms. The second kappa shape index (κ2) is 9.33. The van der Waals surface area contributed by atoms with E-state index in [1.807, 2.05) is 26.8 Å². The van der Waals surface area contributed by atoms with E-state index in [1.54, 1.807) is 31.2 Å². The Morgan fingerprint density at radius 3 is 2.27 bits per heavy atom. The monoisotopic (exact) mass is 373 g/mol. The molecule has 0 saturated heterocycles. The average molecular weight is 373 g/mol. The van der Waals surface area contributed by atoms with E-state index in [0.717, 1.165) is 11.4 Å². The lowest BCUT2D eigenvalue weighted by Gasteiger charge is -2.14. The lowest BCUT2D eigenvalue weighted by Crippen LogP contribution is -2.25. The first kappa shape index (κ1) is 19.9. The maximum absolute atomic E-state index is 12.6. The number of amides is 1. The molecule has 1 amide bonds. The molecule has 1 aromatic heterocycles. The van der Waals surface area contributed by atoms with Gasteiger partial charge in [0.25, 0.3) is 0 Å². The number of hydrogen-bond donors (Lipinski definition) is 1. The SMILES string of the molecule is CCOC(=O)c1ccc(NC(=O)[C@H](CC)Sc2nc(C)cc(C)n2)cc1. The Kier molecular flexibility index (Phi) is 7.15. The van der Waals surface area contributed by atoms with Crippen molar-refractivity contribution in [1.82, 2.24) is 9.97 Å². The molecule has 0 unspecified atom stereocenters. The highest BCUT2D eigenvalue weighted by Gasteiger charge is 2.20. The van der Waals surface area contributed by atoms with Gasteiger partial charge in [0.05, 0.1) is 17.4 Å². The number of nitrogens with one attached hydrogen (secondary N) is 1. The molecule has 0 aliphatic rings. The molecule has 0 radical (unpaired) electrons. The van der Waals surface area contributed by atoms with Crippen LogP contribution in [0.3, 0.4) is 0 Å². The van der Waals surface area contributed by atoms with Gasteiger partial charge >= 0.3 is 5.97 Å². The van der Waals surface area contributed by atoms with E-state index in [1.165, 1.54) is 11.8 Å². The zero-order valence-corrected chi connectivity index (χ0v) is 16.2. The van der Waals surface area contributed by atoms with Crippen molar-refractivity contribution in [1.29, 1.82) is 0 Å². The smallest absolute Gasteiger partial charge is 0.338 e. The molecule has 6 nitrogen and oxygen atoms in total. The summed E-state index contributed by atoms with van der Waals surface area (Å²) in [5, 5.41) is 3.17. The Morgan fingerprint density at radius 2 is 1.73 bits per heavy atom. The Bertz CT molecular complexity index is 758. The van der Waals surface area contributed by atoms with Gasteiger partial charge in [-0.2, -0.15) is 0 Å². The van der Waals surface area contributed by atoms with Crippen LogP contribution in [0, 0.1) is 13.8 Å². The zero-order chi connectivity index (χ0) is 19.1. The number of carbonyl (C=O) groups excluding carboxylic acids is 2. The number of anilines is 1. The maximum Gasteiger partial charge on any atom is 0.338 e. The number of ether oxygens (including phenoxy) is 1. The topological polar surface area (TPSA) is 81.2 Å². The molecule has 0 aliphatic carbocycles. The highest BCUT2D eigenvalue weighted by Crippen LogP contribution is 2.24. The van der Waals surface area contributed by atoms with Gasteiger partial charge in [-0.3, -0.25) is 4.79 Å². The van der Waals surface area contributed by atoms with E-state index in [2.05, 4.69) is 15.3 Å². The van der Waals surface area contributed by atoms with Crippen LogP contribution in [0.5, 0.6) is 0 Å². The van der Waals surface area contributed by atoms with Crippen LogP contribution in [0.4, 0.5) is 5.69 Å². The summed E-state index contributed by atoms with van der Waals surface area (Å²) in [7, 11) is 0. The predicted octanol–water partition coefficient (Wildman–Crippen LogP) is 3.78. The van der Waals surface area contributed by atoms with Crippen LogP contribution in [0.25, 0.3) is 0 Å². The fraction of sp³-hybridized carbons (Fsp3) is 0.368. The fourth-order valence-corrected chi connectivity index (χ4v) is 3.30. The molecule has 0 fully saturated rings. The summed E-state index contributed by atoms with van der Waals surface area (Å²) >= 11 is 1.35. The number of esters is 1. The average Bonchev–Trinajstić information content (AvgIpc) is 2.59. The van der Waals surface area contributed by atoms with Gasteiger partial charge in [-0.05, 0) is 57.5 Å². The van der Waals surface area contributed by atoms with Gasteiger partial charge in [-0.1, -0.05) is 18.7 Å². The third-order valence-corrected chi connectivity index (χ3v) is 4.76. The minimum Gasteiger partial charge on any atom is -0.462 e. The maximum atomic E-state index is 12.6. The Morgan fingerprint density at radius 1 is 1.12 bits per heavy atom. The van der Waals surface area contributed by atoms with Gasteiger partial charge in [0, 0.05) is 17.1 Å². The Labute approximate surface area is 157 Å². The van der Waals surface area contributed by atoms with Crippen molar-refractivity contribution < 1.29 is 14.3 Å². The Hall–Kier alpha value is -2.41. The third-order valence-electron chi connectivity index (χ3n) is 3.54. The van der Waals surface area contributed by atoms with Gasteiger partial charge in [-0.15, -0.1) is 0 Å². The quantitative estimate of drug-likeness (QED) is 0.452. The number of aryl methyl sites for hydroxylation is 2. The van der Waals surface area contributed by atoms with Gasteiger partial charge in [-0.25, -0.2) is 14.8 Å². The number of thioether (sulfide) groups is 1. The molecule has 2 rings (SSSR count). The number of rotatable bonds is 7. The summed E-state index contributed by atoms with van der Waals surface area (Å²) in [5.41, 5.74) is 2.84. The molecule has 0 aliphatic heterocycles. The molecule has 0 saturated carbocycles. The fourth-order valence-electron chi connectivity index (χ4n) is 2.32. The predicted molar refractivity (Wildman–Crippen MR) is 102 cm³/mol. The number of hydrogen-bond acceptors (Lipinski definition) is 6. The molecule has 138 valence electrons. The van der Waals surface area contributed by atoms with Crippen LogP contribution in [-0.4, -0.2) is 33.7 Å². The van der Waals surface area contributed by atoms with Crippen molar-refractivity contribution in [3.63, 3.8) is 0 Å². The van der Waals surface area contributed by atoms with Crippen LogP contribution in [0.1, 0.15) is 42.0 Å². The normalized spacial score (nSPS) is 11.7. The number of aromatic nitrogens is 2.